The van der Waals surface area contributed by atoms with Crippen LogP contribution in [0.5, 0.6) is 0 Å². The number of ether oxygens (including phenoxy) is 2. The van der Waals surface area contributed by atoms with E-state index in [9.17, 15) is 0 Å². The van der Waals surface area contributed by atoms with Gasteiger partial charge >= 0.3 is 0 Å². The van der Waals surface area contributed by atoms with E-state index < -0.39 is 8.32 Å². The van der Waals surface area contributed by atoms with Crippen LogP contribution in [-0.4, -0.2) is 34.4 Å². The topological polar surface area (TPSA) is 40.8 Å². The van der Waals surface area contributed by atoms with Crippen LogP contribution in [0.25, 0.3) is 0 Å². The van der Waals surface area contributed by atoms with Crippen LogP contribution in [0.2, 0.25) is 5.04 Å². The first-order valence-corrected chi connectivity index (χ1v) is 15.5. The van der Waals surface area contributed by atoms with Gasteiger partial charge in [-0.3, -0.25) is 0 Å². The van der Waals surface area contributed by atoms with Crippen molar-refractivity contribution in [2.24, 2.45) is 5.41 Å². The smallest absolute Gasteiger partial charge is 0.261 e. The second-order valence-electron chi connectivity index (χ2n) is 11.9. The summed E-state index contributed by atoms with van der Waals surface area (Å²) in [5.41, 5.74) is 3.78. The van der Waals surface area contributed by atoms with Crippen LogP contribution in [-0.2, 0) is 20.3 Å². The maximum atomic E-state index is 7.33. The van der Waals surface area contributed by atoms with Crippen molar-refractivity contribution in [3.63, 3.8) is 0 Å². The van der Waals surface area contributed by atoms with E-state index >= 15 is 0 Å². The number of allylic oxidation sites excluding steroid dienone is 1. The molecular weight excluding hydrogens is 476 g/mol. The zero-order valence-corrected chi connectivity index (χ0v) is 23.4. The van der Waals surface area contributed by atoms with Crippen molar-refractivity contribution in [2.75, 3.05) is 13.7 Å². The highest BCUT2D eigenvalue weighted by Crippen LogP contribution is 2.58. The molecule has 6 rings (SSSR count). The van der Waals surface area contributed by atoms with Gasteiger partial charge in [0.05, 0.1) is 24.0 Å². The highest BCUT2D eigenvalue weighted by atomic mass is 28.4. The summed E-state index contributed by atoms with van der Waals surface area (Å²) in [5.74, 6) is 0.341. The first-order chi connectivity index (χ1) is 17.9. The Balaban J connectivity index is 1.40. The van der Waals surface area contributed by atoms with Crippen LogP contribution in [0.4, 0.5) is 0 Å². The molecule has 3 aromatic rings. The Morgan fingerprint density at radius 3 is 2.27 bits per heavy atom. The highest BCUT2D eigenvalue weighted by Gasteiger charge is 2.59. The van der Waals surface area contributed by atoms with Crippen molar-refractivity contribution in [3.8, 4) is 0 Å². The molecule has 0 saturated carbocycles. The van der Waals surface area contributed by atoms with E-state index in [0.717, 1.165) is 25.7 Å². The van der Waals surface area contributed by atoms with Gasteiger partial charge < -0.3 is 18.3 Å². The molecule has 4 nitrogen and oxygen atoms in total. The Morgan fingerprint density at radius 2 is 1.65 bits per heavy atom. The Kier molecular flexibility index (Phi) is 6.31. The first-order valence-electron chi connectivity index (χ1n) is 13.6. The summed E-state index contributed by atoms with van der Waals surface area (Å²) in [5, 5.41) is 2.56. The summed E-state index contributed by atoms with van der Waals surface area (Å²) in [6.07, 6.45) is 9.97. The van der Waals surface area contributed by atoms with Crippen molar-refractivity contribution in [3.05, 3.63) is 96.0 Å². The van der Waals surface area contributed by atoms with E-state index in [1.807, 2.05) is 12.5 Å². The van der Waals surface area contributed by atoms with Crippen molar-refractivity contribution in [1.82, 2.24) is 0 Å². The molecule has 1 aromatic heterocycles. The minimum atomic E-state index is -2.62. The number of hydrogen-bond donors (Lipinski definition) is 0. The zero-order valence-electron chi connectivity index (χ0n) is 22.4. The summed E-state index contributed by atoms with van der Waals surface area (Å²) in [4.78, 5) is 0. The standard InChI is InChI=1S/C32H38O4Si/c1-31(2,3)37(24-12-7-5-8-13-24,25-14-9-6-10-15-25)35-19-18-32-20-23-21-34-22-27(23)26-16-11-17-28(32)29(26)36-30(32)33-4/h5-10,12-15,17,21-22,26,29-30H,11,16,18-20H2,1-4H3/t26-,29-,30-,32+/m1/s1. The molecule has 0 unspecified atom stereocenters. The van der Waals surface area contributed by atoms with Crippen molar-refractivity contribution in [1.29, 1.82) is 0 Å². The molecule has 0 radical (unpaired) electrons. The van der Waals surface area contributed by atoms with Gasteiger partial charge in [-0.15, -0.1) is 0 Å². The van der Waals surface area contributed by atoms with Crippen LogP contribution in [0.3, 0.4) is 0 Å². The van der Waals surface area contributed by atoms with E-state index in [4.69, 9.17) is 18.3 Å². The van der Waals surface area contributed by atoms with Gasteiger partial charge in [-0.05, 0) is 57.8 Å². The van der Waals surface area contributed by atoms with Crippen LogP contribution in [0, 0.1) is 5.41 Å². The molecule has 37 heavy (non-hydrogen) atoms. The van der Waals surface area contributed by atoms with Crippen molar-refractivity contribution < 1.29 is 18.3 Å². The lowest BCUT2D eigenvalue weighted by atomic mass is 9.71. The maximum Gasteiger partial charge on any atom is 0.261 e. The highest BCUT2D eigenvalue weighted by molar-refractivity contribution is 6.99. The van der Waals surface area contributed by atoms with Crippen LogP contribution < -0.4 is 10.4 Å². The second-order valence-corrected chi connectivity index (χ2v) is 16.2. The summed E-state index contributed by atoms with van der Waals surface area (Å²) in [6.45, 7) is 7.64. The lowest BCUT2D eigenvalue weighted by molar-refractivity contribution is -0.165. The van der Waals surface area contributed by atoms with Gasteiger partial charge in [0.25, 0.3) is 8.32 Å². The molecule has 0 amide bonds. The number of hydrogen-bond acceptors (Lipinski definition) is 4. The predicted octanol–water partition coefficient (Wildman–Crippen LogP) is 5.96. The Hall–Kier alpha value is -2.44. The van der Waals surface area contributed by atoms with Gasteiger partial charge in [0.2, 0.25) is 0 Å². The van der Waals surface area contributed by atoms with Crippen LogP contribution in [0.15, 0.2) is 89.3 Å². The third kappa shape index (κ3) is 3.82. The average Bonchev–Trinajstić information content (AvgIpc) is 3.47. The van der Waals surface area contributed by atoms with Gasteiger partial charge in [0.1, 0.15) is 0 Å². The quantitative estimate of drug-likeness (QED) is 0.288. The first kappa shape index (κ1) is 24.9. The summed E-state index contributed by atoms with van der Waals surface area (Å²) in [6, 6.07) is 21.8. The fourth-order valence-corrected chi connectivity index (χ4v) is 11.9. The summed E-state index contributed by atoms with van der Waals surface area (Å²) < 4.78 is 25.8. The molecule has 4 atom stereocenters. The third-order valence-electron chi connectivity index (χ3n) is 8.99. The maximum absolute atomic E-state index is 7.33. The summed E-state index contributed by atoms with van der Waals surface area (Å²) >= 11 is 0. The van der Waals surface area contributed by atoms with Gasteiger partial charge in [-0.2, -0.15) is 0 Å². The molecule has 1 fully saturated rings. The minimum Gasteiger partial charge on any atom is -0.472 e. The zero-order chi connectivity index (χ0) is 25.7. The van der Waals surface area contributed by atoms with Gasteiger partial charge in [0.15, 0.2) is 6.29 Å². The number of methoxy groups -OCH3 is 1. The van der Waals surface area contributed by atoms with Crippen molar-refractivity contribution in [2.45, 2.75) is 69.8 Å². The second kappa shape index (κ2) is 9.39. The minimum absolute atomic E-state index is 0.0564. The number of rotatable bonds is 7. The number of benzene rings is 2. The third-order valence-corrected chi connectivity index (χ3v) is 14.0. The predicted molar refractivity (Wildman–Crippen MR) is 149 cm³/mol. The summed E-state index contributed by atoms with van der Waals surface area (Å²) in [7, 11) is -0.836. The Labute approximate surface area is 221 Å². The molecular formula is C32H38O4Si. The molecule has 5 heteroatoms. The van der Waals surface area contributed by atoms with Crippen molar-refractivity contribution >= 4 is 18.7 Å². The molecule has 0 spiro atoms. The largest absolute Gasteiger partial charge is 0.472 e. The van der Waals surface area contributed by atoms with E-state index in [1.54, 1.807) is 7.11 Å². The molecule has 1 aliphatic heterocycles. The van der Waals surface area contributed by atoms with Gasteiger partial charge in [-0.1, -0.05) is 87.5 Å². The Bertz CT molecular complexity index is 1220. The van der Waals surface area contributed by atoms with E-state index in [0.29, 0.717) is 12.5 Å². The monoisotopic (exact) mass is 514 g/mol. The average molecular weight is 515 g/mol. The molecule has 0 N–H and O–H groups in total. The lowest BCUT2D eigenvalue weighted by Gasteiger charge is -2.44. The van der Waals surface area contributed by atoms with Gasteiger partial charge in [0, 0.05) is 19.6 Å². The van der Waals surface area contributed by atoms with Gasteiger partial charge in [-0.25, -0.2) is 0 Å². The van der Waals surface area contributed by atoms with Crippen LogP contribution >= 0.6 is 0 Å². The molecule has 1 saturated heterocycles. The molecule has 2 aliphatic carbocycles. The molecule has 2 heterocycles. The molecule has 4 bridgehead atoms. The Morgan fingerprint density at radius 1 is 0.973 bits per heavy atom. The number of furan rings is 1. The fraction of sp³-hybridized carbons (Fsp3) is 0.438. The molecule has 194 valence electrons. The number of fused-ring (bicyclic) bond motifs is 2. The molecule has 3 aliphatic rings. The van der Waals surface area contributed by atoms with E-state index in [-0.39, 0.29) is 22.8 Å². The molecule has 2 aromatic carbocycles. The van der Waals surface area contributed by atoms with E-state index in [2.05, 4.69) is 87.5 Å². The van der Waals surface area contributed by atoms with E-state index in [1.165, 1.54) is 27.1 Å². The van der Waals surface area contributed by atoms with Crippen LogP contribution in [0.1, 0.15) is 57.1 Å². The lowest BCUT2D eigenvalue weighted by Crippen LogP contribution is -2.66. The SMILES string of the molecule is CO[C@@H]1O[C@H]2C3=CCC[C@@H]2c2cocc2C[C@@]31CCO[Si](c1ccccc1)(c1ccccc1)C(C)(C)C. The fourth-order valence-electron chi connectivity index (χ4n) is 7.38. The normalized spacial score (nSPS) is 26.9.